The second kappa shape index (κ2) is 6.65. The zero-order valence-corrected chi connectivity index (χ0v) is 13.0. The van der Waals surface area contributed by atoms with Crippen molar-refractivity contribution in [2.45, 2.75) is 25.8 Å². The van der Waals surface area contributed by atoms with Crippen LogP contribution in [0.4, 0.5) is 5.69 Å². The molecule has 3 heteroatoms. The van der Waals surface area contributed by atoms with E-state index in [4.69, 9.17) is 0 Å². The number of amides is 1. The normalized spacial score (nSPS) is 14.5. The van der Waals surface area contributed by atoms with E-state index in [1.807, 2.05) is 24.3 Å². The first-order valence-electron chi connectivity index (χ1n) is 7.95. The van der Waals surface area contributed by atoms with Gasteiger partial charge in [0.15, 0.2) is 0 Å². The Bertz CT molecular complexity index is 633. The third-order valence-electron chi connectivity index (χ3n) is 4.26. The number of nitrogens with one attached hydrogen (secondary N) is 1. The maximum absolute atomic E-state index is 12.4. The standard InChI is InChI=1S/C19H22N2O/c1-2-17(15-8-4-3-5-9-15)20-19(22)14-21-13-12-16-10-6-7-11-18(16)21/h3-11,17H,2,12-14H2,1H3,(H,20,22). The van der Waals surface area contributed by atoms with Crippen molar-refractivity contribution in [2.24, 2.45) is 0 Å². The maximum atomic E-state index is 12.4. The van der Waals surface area contributed by atoms with Gasteiger partial charge in [-0.3, -0.25) is 4.79 Å². The molecule has 1 N–H and O–H groups in total. The third-order valence-corrected chi connectivity index (χ3v) is 4.26. The fourth-order valence-corrected chi connectivity index (χ4v) is 3.09. The zero-order valence-electron chi connectivity index (χ0n) is 13.0. The van der Waals surface area contributed by atoms with E-state index < -0.39 is 0 Å². The summed E-state index contributed by atoms with van der Waals surface area (Å²) in [5.74, 6) is 0.0902. The molecular formula is C19H22N2O. The SMILES string of the molecule is CCC(NC(=O)CN1CCc2ccccc21)c1ccccc1. The topological polar surface area (TPSA) is 32.3 Å². The van der Waals surface area contributed by atoms with Gasteiger partial charge in [0.25, 0.3) is 0 Å². The van der Waals surface area contributed by atoms with Crippen LogP contribution < -0.4 is 10.2 Å². The van der Waals surface area contributed by atoms with Gasteiger partial charge in [-0.1, -0.05) is 55.5 Å². The third kappa shape index (κ3) is 3.14. The fourth-order valence-electron chi connectivity index (χ4n) is 3.09. The van der Waals surface area contributed by atoms with Gasteiger partial charge < -0.3 is 10.2 Å². The molecule has 0 aromatic heterocycles. The van der Waals surface area contributed by atoms with E-state index in [9.17, 15) is 4.79 Å². The van der Waals surface area contributed by atoms with E-state index in [0.717, 1.165) is 19.4 Å². The van der Waals surface area contributed by atoms with Gasteiger partial charge in [-0.25, -0.2) is 0 Å². The summed E-state index contributed by atoms with van der Waals surface area (Å²) >= 11 is 0. The van der Waals surface area contributed by atoms with Crippen LogP contribution in [-0.4, -0.2) is 19.0 Å². The molecule has 0 aliphatic carbocycles. The van der Waals surface area contributed by atoms with E-state index in [1.165, 1.54) is 16.8 Å². The minimum Gasteiger partial charge on any atom is -0.362 e. The molecule has 0 fully saturated rings. The van der Waals surface area contributed by atoms with Gasteiger partial charge in [0.2, 0.25) is 5.91 Å². The Labute approximate surface area is 132 Å². The molecule has 114 valence electrons. The molecule has 22 heavy (non-hydrogen) atoms. The van der Waals surface area contributed by atoms with Crippen molar-refractivity contribution in [2.75, 3.05) is 18.0 Å². The Morgan fingerprint density at radius 3 is 2.64 bits per heavy atom. The first-order chi connectivity index (χ1) is 10.8. The number of hydrogen-bond acceptors (Lipinski definition) is 2. The zero-order chi connectivity index (χ0) is 15.4. The van der Waals surface area contributed by atoms with Crippen molar-refractivity contribution >= 4 is 11.6 Å². The lowest BCUT2D eigenvalue weighted by Crippen LogP contribution is -2.38. The van der Waals surface area contributed by atoms with Crippen molar-refractivity contribution < 1.29 is 4.79 Å². The number of benzene rings is 2. The maximum Gasteiger partial charge on any atom is 0.240 e. The summed E-state index contributed by atoms with van der Waals surface area (Å²) in [6.45, 7) is 3.46. The first-order valence-corrected chi connectivity index (χ1v) is 7.95. The summed E-state index contributed by atoms with van der Waals surface area (Å²) in [4.78, 5) is 14.6. The Balaban J connectivity index is 1.63. The molecule has 0 radical (unpaired) electrons. The smallest absolute Gasteiger partial charge is 0.240 e. The monoisotopic (exact) mass is 294 g/mol. The first kappa shape index (κ1) is 14.6. The van der Waals surface area contributed by atoms with E-state index in [-0.39, 0.29) is 11.9 Å². The average Bonchev–Trinajstić information content (AvgIpc) is 2.96. The Morgan fingerprint density at radius 2 is 1.86 bits per heavy atom. The quantitative estimate of drug-likeness (QED) is 0.917. The number of hydrogen-bond donors (Lipinski definition) is 1. The van der Waals surface area contributed by atoms with Gasteiger partial charge in [0, 0.05) is 12.2 Å². The molecule has 1 aliphatic heterocycles. The van der Waals surface area contributed by atoms with Crippen LogP contribution in [0.2, 0.25) is 0 Å². The lowest BCUT2D eigenvalue weighted by Gasteiger charge is -2.22. The predicted molar refractivity (Wildman–Crippen MR) is 90.0 cm³/mol. The minimum atomic E-state index is 0.0894. The number of rotatable bonds is 5. The van der Waals surface area contributed by atoms with Crippen LogP contribution in [0.3, 0.4) is 0 Å². The lowest BCUT2D eigenvalue weighted by atomic mass is 10.0. The molecule has 0 spiro atoms. The van der Waals surface area contributed by atoms with E-state index >= 15 is 0 Å². The number of carbonyl (C=O) groups is 1. The minimum absolute atomic E-state index is 0.0894. The summed E-state index contributed by atoms with van der Waals surface area (Å²) < 4.78 is 0. The fraction of sp³-hybridized carbons (Fsp3) is 0.316. The molecule has 1 aliphatic rings. The summed E-state index contributed by atoms with van der Waals surface area (Å²) in [5.41, 5.74) is 3.70. The van der Waals surface area contributed by atoms with Gasteiger partial charge in [-0.05, 0) is 30.0 Å². The number of fused-ring (bicyclic) bond motifs is 1. The summed E-state index contributed by atoms with van der Waals surface area (Å²) in [6.07, 6.45) is 1.92. The van der Waals surface area contributed by atoms with Crippen LogP contribution in [0, 0.1) is 0 Å². The van der Waals surface area contributed by atoms with Gasteiger partial charge in [0.1, 0.15) is 0 Å². The van der Waals surface area contributed by atoms with Gasteiger partial charge >= 0.3 is 0 Å². The van der Waals surface area contributed by atoms with Crippen molar-refractivity contribution in [1.82, 2.24) is 5.32 Å². The molecule has 1 heterocycles. The van der Waals surface area contributed by atoms with E-state index in [1.54, 1.807) is 0 Å². The van der Waals surface area contributed by atoms with Crippen LogP contribution in [0.15, 0.2) is 54.6 Å². The number of para-hydroxylation sites is 1. The molecule has 0 bridgehead atoms. The highest BCUT2D eigenvalue weighted by Crippen LogP contribution is 2.27. The Morgan fingerprint density at radius 1 is 1.14 bits per heavy atom. The molecule has 1 unspecified atom stereocenters. The highest BCUT2D eigenvalue weighted by atomic mass is 16.2. The lowest BCUT2D eigenvalue weighted by molar-refractivity contribution is -0.120. The molecule has 2 aromatic carbocycles. The van der Waals surface area contributed by atoms with Crippen molar-refractivity contribution in [3.63, 3.8) is 0 Å². The molecule has 1 atom stereocenters. The van der Waals surface area contributed by atoms with Crippen LogP contribution in [0.5, 0.6) is 0 Å². The van der Waals surface area contributed by atoms with Gasteiger partial charge in [-0.2, -0.15) is 0 Å². The van der Waals surface area contributed by atoms with Crippen LogP contribution in [-0.2, 0) is 11.2 Å². The van der Waals surface area contributed by atoms with E-state index in [2.05, 4.69) is 47.5 Å². The Kier molecular flexibility index (Phi) is 4.42. The van der Waals surface area contributed by atoms with Crippen LogP contribution in [0.1, 0.15) is 30.5 Å². The number of nitrogens with zero attached hydrogens (tertiary/aromatic N) is 1. The molecular weight excluding hydrogens is 272 g/mol. The Hall–Kier alpha value is -2.29. The predicted octanol–water partition coefficient (Wildman–Crippen LogP) is 3.32. The largest absolute Gasteiger partial charge is 0.362 e. The molecule has 3 nitrogen and oxygen atoms in total. The average molecular weight is 294 g/mol. The summed E-state index contributed by atoms with van der Waals surface area (Å²) in [5, 5.41) is 3.16. The second-order valence-electron chi connectivity index (χ2n) is 5.74. The molecule has 3 rings (SSSR count). The molecule has 0 saturated heterocycles. The summed E-state index contributed by atoms with van der Waals surface area (Å²) in [6, 6.07) is 18.6. The highest BCUT2D eigenvalue weighted by molar-refractivity contribution is 5.82. The van der Waals surface area contributed by atoms with Crippen LogP contribution in [0.25, 0.3) is 0 Å². The molecule has 2 aromatic rings. The van der Waals surface area contributed by atoms with Crippen LogP contribution >= 0.6 is 0 Å². The van der Waals surface area contributed by atoms with E-state index in [0.29, 0.717) is 6.54 Å². The molecule has 0 saturated carbocycles. The summed E-state index contributed by atoms with van der Waals surface area (Å²) in [7, 11) is 0. The van der Waals surface area contributed by atoms with Crippen molar-refractivity contribution in [1.29, 1.82) is 0 Å². The van der Waals surface area contributed by atoms with Crippen molar-refractivity contribution in [3.8, 4) is 0 Å². The highest BCUT2D eigenvalue weighted by Gasteiger charge is 2.21. The molecule has 1 amide bonds. The number of carbonyl (C=O) groups excluding carboxylic acids is 1. The second-order valence-corrected chi connectivity index (χ2v) is 5.74. The van der Waals surface area contributed by atoms with Gasteiger partial charge in [0.05, 0.1) is 12.6 Å². The number of anilines is 1. The van der Waals surface area contributed by atoms with Crippen molar-refractivity contribution in [3.05, 3.63) is 65.7 Å². The van der Waals surface area contributed by atoms with Gasteiger partial charge in [-0.15, -0.1) is 0 Å².